The molecule has 9 nitrogen and oxygen atoms in total. The van der Waals surface area contributed by atoms with Gasteiger partial charge in [-0.1, -0.05) is 6.07 Å². The van der Waals surface area contributed by atoms with Crippen LogP contribution in [0.4, 0.5) is 5.69 Å². The van der Waals surface area contributed by atoms with E-state index in [2.05, 4.69) is 37.1 Å². The van der Waals surface area contributed by atoms with E-state index in [0.717, 1.165) is 42.0 Å². The van der Waals surface area contributed by atoms with Gasteiger partial charge >= 0.3 is 0 Å². The fourth-order valence-corrected chi connectivity index (χ4v) is 4.51. The van der Waals surface area contributed by atoms with E-state index >= 15 is 0 Å². The van der Waals surface area contributed by atoms with E-state index in [4.69, 9.17) is 4.74 Å². The summed E-state index contributed by atoms with van der Waals surface area (Å²) in [6.07, 6.45) is 7.50. The van der Waals surface area contributed by atoms with Crippen LogP contribution in [0.15, 0.2) is 83.8 Å². The maximum atomic E-state index is 13.1. The number of anilines is 1. The predicted octanol–water partition coefficient (Wildman–Crippen LogP) is 5.54. The summed E-state index contributed by atoms with van der Waals surface area (Å²) in [4.78, 5) is 23.9. The Kier molecular flexibility index (Phi) is 7.79. The Labute approximate surface area is 226 Å². The van der Waals surface area contributed by atoms with E-state index in [0.29, 0.717) is 28.3 Å². The van der Waals surface area contributed by atoms with Crippen molar-refractivity contribution in [2.75, 3.05) is 18.4 Å². The standard InChI is InChI=1S/C30H30N6O3/c1-20(15-26(18-31-2)39-25-10-8-24(37)9-11-25)21-5-12-28-27(16-21)29(35-34-28)30(38)33-22-6-7-23(32-17-22)19-36-13-3-4-14-36/h5-12,15-18,37H,2-4,13-14,19H2,1H3,(H,33,38)(H,34,35)/b20-15+,26-18+. The number of nitrogens with zero attached hydrogens (tertiary/aromatic N) is 4. The van der Waals surface area contributed by atoms with Gasteiger partial charge in [0.15, 0.2) is 5.69 Å². The molecular formula is C30H30N6O3. The smallest absolute Gasteiger partial charge is 0.276 e. The number of phenolic OH excluding ortho intramolecular Hbond substituents is 1. The van der Waals surface area contributed by atoms with Gasteiger partial charge in [-0.2, -0.15) is 5.10 Å². The van der Waals surface area contributed by atoms with Crippen molar-refractivity contribution >= 4 is 34.8 Å². The molecule has 39 heavy (non-hydrogen) atoms. The van der Waals surface area contributed by atoms with Gasteiger partial charge in [0.2, 0.25) is 0 Å². The molecular weight excluding hydrogens is 492 g/mol. The van der Waals surface area contributed by atoms with Gasteiger partial charge in [0.1, 0.15) is 17.3 Å². The number of hydrogen-bond acceptors (Lipinski definition) is 7. The number of nitrogens with one attached hydrogen (secondary N) is 2. The first-order valence-corrected chi connectivity index (χ1v) is 12.8. The third-order valence-corrected chi connectivity index (χ3v) is 6.55. The molecule has 9 heteroatoms. The molecule has 1 amide bonds. The second-order valence-electron chi connectivity index (χ2n) is 9.45. The molecule has 0 aliphatic carbocycles. The molecule has 0 spiro atoms. The molecule has 1 saturated heterocycles. The molecule has 4 aromatic rings. The highest BCUT2D eigenvalue weighted by molar-refractivity contribution is 6.11. The Bertz CT molecular complexity index is 1530. The Morgan fingerprint density at radius 1 is 1.18 bits per heavy atom. The lowest BCUT2D eigenvalue weighted by Gasteiger charge is -2.13. The Morgan fingerprint density at radius 2 is 1.97 bits per heavy atom. The van der Waals surface area contributed by atoms with Gasteiger partial charge in [-0.05, 0) is 105 Å². The Hall–Kier alpha value is -4.76. The molecule has 198 valence electrons. The molecule has 0 unspecified atom stereocenters. The van der Waals surface area contributed by atoms with Crippen LogP contribution in [0, 0.1) is 0 Å². The van der Waals surface area contributed by atoms with Crippen molar-refractivity contribution in [2.45, 2.75) is 26.3 Å². The normalized spacial score (nSPS) is 14.5. The second kappa shape index (κ2) is 11.7. The van der Waals surface area contributed by atoms with Gasteiger partial charge in [-0.3, -0.25) is 24.8 Å². The van der Waals surface area contributed by atoms with Crippen molar-refractivity contribution in [1.82, 2.24) is 20.1 Å². The van der Waals surface area contributed by atoms with E-state index in [1.165, 1.54) is 19.0 Å². The first kappa shape index (κ1) is 25.9. The number of fused-ring (bicyclic) bond motifs is 1. The van der Waals surface area contributed by atoms with Gasteiger partial charge in [0, 0.05) is 11.9 Å². The number of H-pyrrole nitrogens is 1. The van der Waals surface area contributed by atoms with Crippen LogP contribution in [0.1, 0.15) is 41.5 Å². The molecule has 2 aromatic heterocycles. The van der Waals surface area contributed by atoms with E-state index in [-0.39, 0.29) is 11.7 Å². The summed E-state index contributed by atoms with van der Waals surface area (Å²) in [5.74, 6) is 0.857. The molecule has 1 aliphatic rings. The van der Waals surface area contributed by atoms with Crippen LogP contribution < -0.4 is 10.1 Å². The van der Waals surface area contributed by atoms with Crippen molar-refractivity contribution in [3.63, 3.8) is 0 Å². The zero-order valence-corrected chi connectivity index (χ0v) is 21.7. The number of allylic oxidation sites excluding steroid dienone is 2. The number of likely N-dealkylation sites (tertiary alicyclic amines) is 1. The summed E-state index contributed by atoms with van der Waals surface area (Å²) in [5, 5.41) is 20.3. The minimum absolute atomic E-state index is 0.153. The third-order valence-electron chi connectivity index (χ3n) is 6.55. The fraction of sp³-hybridized carbons (Fsp3) is 0.200. The van der Waals surface area contributed by atoms with Gasteiger partial charge in [0.25, 0.3) is 5.91 Å². The summed E-state index contributed by atoms with van der Waals surface area (Å²) >= 11 is 0. The molecule has 0 bridgehead atoms. The monoisotopic (exact) mass is 522 g/mol. The van der Waals surface area contributed by atoms with Crippen LogP contribution in [0.5, 0.6) is 11.5 Å². The maximum Gasteiger partial charge on any atom is 0.276 e. The Morgan fingerprint density at radius 3 is 2.69 bits per heavy atom. The Balaban J connectivity index is 1.32. The highest BCUT2D eigenvalue weighted by atomic mass is 16.5. The van der Waals surface area contributed by atoms with E-state index in [9.17, 15) is 9.90 Å². The van der Waals surface area contributed by atoms with Gasteiger partial charge in [-0.15, -0.1) is 0 Å². The number of hydrogen-bond donors (Lipinski definition) is 3. The molecule has 5 rings (SSSR count). The number of carbonyl (C=O) groups is 1. The number of aromatic nitrogens is 3. The third kappa shape index (κ3) is 6.39. The minimum Gasteiger partial charge on any atom is -0.508 e. The number of phenols is 1. The SMILES string of the molecule is C=N/C=C(\C=C(/C)c1ccc2[nH]nc(C(=O)Nc3ccc(CN4CCCC4)nc3)c2c1)Oc1ccc(O)cc1. The molecule has 2 aromatic carbocycles. The predicted molar refractivity (Wildman–Crippen MR) is 153 cm³/mol. The van der Waals surface area contributed by atoms with Crippen molar-refractivity contribution < 1.29 is 14.6 Å². The number of rotatable bonds is 9. The van der Waals surface area contributed by atoms with Gasteiger partial charge in [0.05, 0.1) is 29.3 Å². The first-order valence-electron chi connectivity index (χ1n) is 12.8. The van der Waals surface area contributed by atoms with Crippen molar-refractivity contribution in [1.29, 1.82) is 0 Å². The lowest BCUT2D eigenvalue weighted by atomic mass is 10.0. The van der Waals surface area contributed by atoms with Crippen LogP contribution in [0.25, 0.3) is 16.5 Å². The molecule has 3 heterocycles. The van der Waals surface area contributed by atoms with Gasteiger partial charge in [-0.25, -0.2) is 0 Å². The zero-order valence-electron chi connectivity index (χ0n) is 21.7. The highest BCUT2D eigenvalue weighted by Gasteiger charge is 2.16. The second-order valence-corrected chi connectivity index (χ2v) is 9.45. The lowest BCUT2D eigenvalue weighted by Crippen LogP contribution is -2.19. The summed E-state index contributed by atoms with van der Waals surface area (Å²) in [6, 6.07) is 16.0. The average molecular weight is 523 g/mol. The number of aliphatic imine (C=N–C) groups is 1. The molecule has 0 atom stereocenters. The quantitative estimate of drug-likeness (QED) is 0.151. The summed E-state index contributed by atoms with van der Waals surface area (Å²) in [5.41, 5.74) is 4.42. The topological polar surface area (TPSA) is 116 Å². The fourth-order valence-electron chi connectivity index (χ4n) is 4.51. The maximum absolute atomic E-state index is 13.1. The number of carbonyl (C=O) groups excluding carboxylic acids is 1. The summed E-state index contributed by atoms with van der Waals surface area (Å²) < 4.78 is 5.90. The van der Waals surface area contributed by atoms with Crippen molar-refractivity contribution in [2.24, 2.45) is 4.99 Å². The van der Waals surface area contributed by atoms with E-state index < -0.39 is 0 Å². The number of ether oxygens (including phenoxy) is 1. The zero-order chi connectivity index (χ0) is 27.2. The number of benzene rings is 2. The highest BCUT2D eigenvalue weighted by Crippen LogP contribution is 2.25. The van der Waals surface area contributed by atoms with Crippen LogP contribution >= 0.6 is 0 Å². The molecule has 3 N–H and O–H groups in total. The molecule has 0 radical (unpaired) electrons. The molecule has 1 aliphatic heterocycles. The number of aromatic amines is 1. The van der Waals surface area contributed by atoms with E-state index in [1.807, 2.05) is 43.3 Å². The van der Waals surface area contributed by atoms with Gasteiger partial charge < -0.3 is 15.2 Å². The number of pyridine rings is 1. The van der Waals surface area contributed by atoms with E-state index in [1.54, 1.807) is 30.5 Å². The minimum atomic E-state index is -0.318. The summed E-state index contributed by atoms with van der Waals surface area (Å²) in [7, 11) is 0. The van der Waals surface area contributed by atoms with Crippen LogP contribution in [-0.2, 0) is 6.54 Å². The first-order chi connectivity index (χ1) is 19.0. The summed E-state index contributed by atoms with van der Waals surface area (Å²) in [6.45, 7) is 8.51. The number of amides is 1. The van der Waals surface area contributed by atoms with Crippen LogP contribution in [0.2, 0.25) is 0 Å². The molecule has 1 fully saturated rings. The number of aromatic hydroxyl groups is 1. The van der Waals surface area contributed by atoms with Crippen LogP contribution in [0.3, 0.4) is 0 Å². The molecule has 0 saturated carbocycles. The van der Waals surface area contributed by atoms with Crippen molar-refractivity contribution in [3.8, 4) is 11.5 Å². The average Bonchev–Trinajstić information content (AvgIpc) is 3.61. The van der Waals surface area contributed by atoms with Crippen molar-refractivity contribution in [3.05, 3.63) is 95.8 Å². The largest absolute Gasteiger partial charge is 0.508 e. The van der Waals surface area contributed by atoms with Crippen LogP contribution in [-0.4, -0.2) is 50.9 Å². The lowest BCUT2D eigenvalue weighted by molar-refractivity contribution is 0.102.